The summed E-state index contributed by atoms with van der Waals surface area (Å²) >= 11 is 0. The van der Waals surface area contributed by atoms with Crippen LogP contribution in [0.25, 0.3) is 0 Å². The third-order valence-corrected chi connectivity index (χ3v) is 9.99. The van der Waals surface area contributed by atoms with Crippen molar-refractivity contribution < 1.29 is 22.7 Å². The minimum absolute atomic E-state index is 0.0233. The number of carbonyl (C=O) groups excluding carboxylic acids is 2. The fourth-order valence-corrected chi connectivity index (χ4v) is 6.62. The van der Waals surface area contributed by atoms with E-state index in [4.69, 9.17) is 4.74 Å². The predicted molar refractivity (Wildman–Crippen MR) is 187 cm³/mol. The maximum atomic E-state index is 14.6. The molecule has 0 bridgehead atoms. The van der Waals surface area contributed by atoms with Gasteiger partial charge in [-0.25, -0.2) is 8.42 Å². The molecule has 0 aliphatic carbocycles. The molecule has 47 heavy (non-hydrogen) atoms. The zero-order valence-corrected chi connectivity index (χ0v) is 28.7. The van der Waals surface area contributed by atoms with Crippen molar-refractivity contribution in [3.8, 4) is 5.75 Å². The van der Waals surface area contributed by atoms with Crippen LogP contribution < -0.4 is 14.4 Å². The number of nitrogens with zero attached hydrogens (tertiary/aromatic N) is 2. The number of nitrogens with one attached hydrogen (secondary N) is 1. The van der Waals surface area contributed by atoms with E-state index in [1.54, 1.807) is 24.3 Å². The minimum atomic E-state index is -4.21. The molecule has 0 radical (unpaired) electrons. The largest absolute Gasteiger partial charge is 0.494 e. The highest BCUT2D eigenvalue weighted by Gasteiger charge is 2.35. The maximum absolute atomic E-state index is 14.6. The van der Waals surface area contributed by atoms with E-state index in [2.05, 4.69) is 5.32 Å². The van der Waals surface area contributed by atoms with Gasteiger partial charge >= 0.3 is 0 Å². The van der Waals surface area contributed by atoms with Crippen molar-refractivity contribution in [1.82, 2.24) is 10.2 Å². The predicted octanol–water partition coefficient (Wildman–Crippen LogP) is 6.45. The van der Waals surface area contributed by atoms with Gasteiger partial charge in [0.05, 0.1) is 17.2 Å². The van der Waals surface area contributed by atoms with Gasteiger partial charge in [-0.05, 0) is 87.2 Å². The molecule has 8 nitrogen and oxygen atoms in total. The van der Waals surface area contributed by atoms with Crippen LogP contribution in [0.2, 0.25) is 0 Å². The smallest absolute Gasteiger partial charge is 0.264 e. The first-order valence-corrected chi connectivity index (χ1v) is 17.5. The zero-order chi connectivity index (χ0) is 34.0. The van der Waals surface area contributed by atoms with Crippen molar-refractivity contribution in [2.45, 2.75) is 71.0 Å². The Morgan fingerprint density at radius 2 is 1.47 bits per heavy atom. The summed E-state index contributed by atoms with van der Waals surface area (Å²) in [7, 11) is -4.21. The zero-order valence-electron chi connectivity index (χ0n) is 27.8. The molecule has 4 aromatic rings. The highest BCUT2D eigenvalue weighted by Crippen LogP contribution is 2.27. The Bertz CT molecular complexity index is 1730. The molecule has 0 heterocycles. The number of rotatable bonds is 15. The van der Waals surface area contributed by atoms with E-state index >= 15 is 0 Å². The van der Waals surface area contributed by atoms with Crippen molar-refractivity contribution in [3.63, 3.8) is 0 Å². The van der Waals surface area contributed by atoms with Gasteiger partial charge in [-0.2, -0.15) is 0 Å². The molecular weight excluding hydrogens is 611 g/mol. The number of amides is 2. The second-order valence-electron chi connectivity index (χ2n) is 11.7. The molecule has 0 aliphatic rings. The van der Waals surface area contributed by atoms with Crippen molar-refractivity contribution in [3.05, 3.63) is 125 Å². The Hall–Kier alpha value is -4.63. The third kappa shape index (κ3) is 9.23. The lowest BCUT2D eigenvalue weighted by molar-refractivity contribution is -0.140. The van der Waals surface area contributed by atoms with Crippen LogP contribution in [0, 0.1) is 13.8 Å². The fourth-order valence-electron chi connectivity index (χ4n) is 5.21. The lowest BCUT2D eigenvalue weighted by Crippen LogP contribution is -2.54. The van der Waals surface area contributed by atoms with E-state index in [1.807, 2.05) is 101 Å². The molecular formula is C38H45N3O5S. The van der Waals surface area contributed by atoms with Gasteiger partial charge < -0.3 is 15.0 Å². The van der Waals surface area contributed by atoms with Gasteiger partial charge in [0, 0.05) is 19.0 Å². The number of aryl methyl sites for hydroxylation is 2. The summed E-state index contributed by atoms with van der Waals surface area (Å²) in [6, 6.07) is 29.4. The van der Waals surface area contributed by atoms with Crippen molar-refractivity contribution in [2.75, 3.05) is 17.5 Å². The third-order valence-electron chi connectivity index (χ3n) is 8.20. The summed E-state index contributed by atoms with van der Waals surface area (Å²) in [6.45, 7) is 9.70. The van der Waals surface area contributed by atoms with Gasteiger partial charge in [-0.1, -0.05) is 79.2 Å². The van der Waals surface area contributed by atoms with Crippen LogP contribution in [0.5, 0.6) is 5.75 Å². The standard InChI is InChI=1S/C38H45N3O5S/c1-6-30(5)39-38(43)36(25-31-14-9-8-10-15-31)40(26-32-16-12-11-13-29(32)4)37(42)27-41(33-19-17-28(3)18-20-33)47(44,45)35-23-21-34(22-24-35)46-7-2/h8-24,30,36H,6-7,25-27H2,1-5H3,(H,39,43)/t30-,36+/m1/s1. The van der Waals surface area contributed by atoms with Gasteiger partial charge in [-0.15, -0.1) is 0 Å². The first-order valence-electron chi connectivity index (χ1n) is 16.0. The number of ether oxygens (including phenoxy) is 1. The molecule has 0 saturated carbocycles. The number of hydrogen-bond acceptors (Lipinski definition) is 5. The number of sulfonamides is 1. The van der Waals surface area contributed by atoms with Gasteiger partial charge in [0.2, 0.25) is 11.8 Å². The van der Waals surface area contributed by atoms with Gasteiger partial charge in [0.25, 0.3) is 10.0 Å². The van der Waals surface area contributed by atoms with E-state index in [1.165, 1.54) is 17.0 Å². The number of carbonyl (C=O) groups is 2. The summed E-state index contributed by atoms with van der Waals surface area (Å²) in [5, 5.41) is 3.07. The Labute approximate surface area is 279 Å². The van der Waals surface area contributed by atoms with Gasteiger partial charge in [0.1, 0.15) is 18.3 Å². The van der Waals surface area contributed by atoms with Crippen LogP contribution in [0.1, 0.15) is 49.4 Å². The lowest BCUT2D eigenvalue weighted by atomic mass is 10.0. The van der Waals surface area contributed by atoms with Crippen LogP contribution in [-0.2, 0) is 32.6 Å². The Balaban J connectivity index is 1.80. The molecule has 1 N–H and O–H groups in total. The monoisotopic (exact) mass is 655 g/mol. The van der Waals surface area contributed by atoms with E-state index < -0.39 is 28.5 Å². The summed E-state index contributed by atoms with van der Waals surface area (Å²) in [5.41, 5.74) is 4.01. The van der Waals surface area contributed by atoms with E-state index in [0.29, 0.717) is 18.0 Å². The van der Waals surface area contributed by atoms with Crippen molar-refractivity contribution in [1.29, 1.82) is 0 Å². The van der Waals surface area contributed by atoms with E-state index in [-0.39, 0.29) is 29.8 Å². The molecule has 0 spiro atoms. The number of benzene rings is 4. The van der Waals surface area contributed by atoms with E-state index in [0.717, 1.165) is 33.0 Å². The molecule has 4 rings (SSSR count). The first kappa shape index (κ1) is 35.2. The van der Waals surface area contributed by atoms with Crippen LogP contribution in [0.15, 0.2) is 108 Å². The quantitative estimate of drug-likeness (QED) is 0.159. The molecule has 0 aromatic heterocycles. The maximum Gasteiger partial charge on any atom is 0.264 e. The summed E-state index contributed by atoms with van der Waals surface area (Å²) < 4.78 is 35.2. The molecule has 2 atom stereocenters. The summed E-state index contributed by atoms with van der Waals surface area (Å²) in [4.78, 5) is 30.2. The minimum Gasteiger partial charge on any atom is -0.494 e. The lowest BCUT2D eigenvalue weighted by Gasteiger charge is -2.34. The highest BCUT2D eigenvalue weighted by molar-refractivity contribution is 7.92. The summed E-state index contributed by atoms with van der Waals surface area (Å²) in [5.74, 6) is -0.241. The molecule has 4 aromatic carbocycles. The van der Waals surface area contributed by atoms with E-state index in [9.17, 15) is 18.0 Å². The average molecular weight is 656 g/mol. The molecule has 9 heteroatoms. The molecule has 2 amide bonds. The van der Waals surface area contributed by atoms with Gasteiger partial charge in [0.15, 0.2) is 0 Å². The molecule has 0 saturated heterocycles. The van der Waals surface area contributed by atoms with Crippen LogP contribution in [-0.4, -0.2) is 50.4 Å². The second kappa shape index (κ2) is 16.3. The highest BCUT2D eigenvalue weighted by atomic mass is 32.2. The van der Waals surface area contributed by atoms with Crippen LogP contribution >= 0.6 is 0 Å². The molecule has 0 unspecified atom stereocenters. The van der Waals surface area contributed by atoms with Crippen LogP contribution in [0.3, 0.4) is 0 Å². The topological polar surface area (TPSA) is 96.0 Å². The van der Waals surface area contributed by atoms with Crippen LogP contribution in [0.4, 0.5) is 5.69 Å². The average Bonchev–Trinajstić information content (AvgIpc) is 3.07. The molecule has 0 aliphatic heterocycles. The normalized spacial score (nSPS) is 12.5. The SMILES string of the molecule is CCOc1ccc(S(=O)(=O)N(CC(=O)N(Cc2ccccc2C)[C@@H](Cc2ccccc2)C(=O)N[C@H](C)CC)c2ccc(C)cc2)cc1. The number of anilines is 1. The Morgan fingerprint density at radius 3 is 2.09 bits per heavy atom. The first-order chi connectivity index (χ1) is 22.5. The molecule has 248 valence electrons. The van der Waals surface area contributed by atoms with Crippen molar-refractivity contribution >= 4 is 27.5 Å². The fraction of sp³-hybridized carbons (Fsp3) is 0.316. The second-order valence-corrected chi connectivity index (χ2v) is 13.6. The Kier molecular flexibility index (Phi) is 12.2. The summed E-state index contributed by atoms with van der Waals surface area (Å²) in [6.07, 6.45) is 0.980. The number of hydrogen-bond donors (Lipinski definition) is 1. The Morgan fingerprint density at radius 1 is 0.830 bits per heavy atom. The molecule has 0 fully saturated rings. The van der Waals surface area contributed by atoms with Crippen molar-refractivity contribution in [2.24, 2.45) is 0 Å². The van der Waals surface area contributed by atoms with Gasteiger partial charge in [-0.3, -0.25) is 13.9 Å².